The number of carbonyl (C=O) groups is 1. The molecule has 0 radical (unpaired) electrons. The van der Waals surface area contributed by atoms with Crippen LogP contribution in [0, 0.1) is 11.8 Å². The Bertz CT molecular complexity index is 1160. The Morgan fingerprint density at radius 2 is 2.04 bits per heavy atom. The molecular weight excluding hydrogens is 368 g/mol. The first-order valence-corrected chi connectivity index (χ1v) is 8.41. The number of nitrogens with zero attached hydrogens (tertiary/aromatic N) is 2. The van der Waals surface area contributed by atoms with E-state index in [4.69, 9.17) is 4.74 Å². The number of aliphatic imine (C=N–C) groups is 1. The van der Waals surface area contributed by atoms with Gasteiger partial charge < -0.3 is 14.8 Å². The molecule has 1 aliphatic heterocycles. The van der Waals surface area contributed by atoms with Crippen LogP contribution < -0.4 is 0 Å². The molecule has 0 bridgehead atoms. The zero-order valence-corrected chi connectivity index (χ0v) is 15.0. The highest BCUT2D eigenvalue weighted by Crippen LogP contribution is 2.40. The van der Waals surface area contributed by atoms with Gasteiger partial charge in [0.2, 0.25) is 11.8 Å². The molecule has 4 rings (SSSR count). The molecule has 0 aliphatic carbocycles. The smallest absolute Gasteiger partial charge is 0.278 e. The third kappa shape index (κ3) is 3.02. The van der Waals surface area contributed by atoms with Gasteiger partial charge in [0.1, 0.15) is 17.2 Å². The summed E-state index contributed by atoms with van der Waals surface area (Å²) in [6, 6.07) is 6.44. The average Bonchev–Trinajstić information content (AvgIpc) is 3.10. The molecule has 1 aromatic carbocycles. The van der Waals surface area contributed by atoms with Gasteiger partial charge in [-0.3, -0.25) is 4.79 Å². The topological polar surface area (TPSA) is 87.6 Å². The van der Waals surface area contributed by atoms with Crippen LogP contribution in [0.4, 0.5) is 8.78 Å². The van der Waals surface area contributed by atoms with Crippen LogP contribution in [0.25, 0.3) is 16.7 Å². The fourth-order valence-corrected chi connectivity index (χ4v) is 3.03. The Balaban J connectivity index is 1.76. The quantitative estimate of drug-likeness (QED) is 0.656. The van der Waals surface area contributed by atoms with Crippen molar-refractivity contribution in [1.29, 1.82) is 0 Å². The van der Waals surface area contributed by atoms with E-state index < -0.39 is 23.3 Å². The normalized spacial score (nSPS) is 17.0. The molecule has 0 atom stereocenters. The van der Waals surface area contributed by atoms with Crippen LogP contribution in [0.1, 0.15) is 29.8 Å². The van der Waals surface area contributed by atoms with E-state index in [0.29, 0.717) is 27.9 Å². The van der Waals surface area contributed by atoms with Crippen LogP contribution in [0.15, 0.2) is 47.6 Å². The van der Waals surface area contributed by atoms with E-state index in [0.717, 1.165) is 12.3 Å². The van der Waals surface area contributed by atoms with Gasteiger partial charge in [0.25, 0.3) is 5.91 Å². The Labute approximate surface area is 158 Å². The number of halogens is 2. The van der Waals surface area contributed by atoms with E-state index >= 15 is 0 Å². The molecule has 142 valence electrons. The Kier molecular flexibility index (Phi) is 3.99. The number of fused-ring (bicyclic) bond motifs is 1. The van der Waals surface area contributed by atoms with Crippen molar-refractivity contribution < 1.29 is 23.4 Å². The van der Waals surface area contributed by atoms with E-state index in [1.165, 1.54) is 24.3 Å². The maximum atomic E-state index is 13.4. The molecule has 0 unspecified atom stereocenters. The monoisotopic (exact) mass is 383 g/mol. The second-order valence-electron chi connectivity index (χ2n) is 6.83. The predicted molar refractivity (Wildman–Crippen MR) is 99.0 cm³/mol. The van der Waals surface area contributed by atoms with Crippen molar-refractivity contribution in [3.63, 3.8) is 0 Å². The predicted octanol–water partition coefficient (Wildman–Crippen LogP) is 3.98. The molecule has 0 fully saturated rings. The molecule has 0 spiro atoms. The van der Waals surface area contributed by atoms with E-state index in [1.807, 2.05) is 0 Å². The largest absolute Gasteiger partial charge is 0.494 e. The van der Waals surface area contributed by atoms with Gasteiger partial charge in [-0.2, -0.15) is 4.39 Å². The number of hydrogen-bond donors (Lipinski definition) is 2. The van der Waals surface area contributed by atoms with Crippen molar-refractivity contribution in [2.24, 2.45) is 4.99 Å². The molecule has 1 aliphatic rings. The first kappa shape index (κ1) is 17.8. The number of hydrogen-bond acceptors (Lipinski definition) is 4. The number of pyridine rings is 1. The molecule has 1 amide bonds. The van der Waals surface area contributed by atoms with Gasteiger partial charge in [-0.15, -0.1) is 0 Å². The fourth-order valence-electron chi connectivity index (χ4n) is 3.03. The van der Waals surface area contributed by atoms with Crippen LogP contribution in [-0.2, 0) is 4.74 Å². The van der Waals surface area contributed by atoms with E-state index in [-0.39, 0.29) is 11.4 Å². The van der Waals surface area contributed by atoms with Gasteiger partial charge in [-0.05, 0) is 44.2 Å². The Hall–Kier alpha value is -3.55. The summed E-state index contributed by atoms with van der Waals surface area (Å²) in [5, 5.41) is 10.8. The van der Waals surface area contributed by atoms with E-state index in [9.17, 15) is 18.7 Å². The van der Waals surface area contributed by atoms with E-state index in [2.05, 4.69) is 15.0 Å². The molecule has 3 heterocycles. The first-order valence-electron chi connectivity index (χ1n) is 8.41. The molecule has 8 heteroatoms. The van der Waals surface area contributed by atoms with Gasteiger partial charge >= 0.3 is 0 Å². The standard InChI is InChI=1S/C20H15F2N3O3/c1-20(2)15(25-18(26)10-3-6-16(22)23-9-10)8-14(28-20)17-12-5-4-11(21)7-13(12)24-19(17)27/h3-9,24,27H,1-2H3. The third-order valence-electron chi connectivity index (χ3n) is 4.43. The zero-order chi connectivity index (χ0) is 20.1. The Morgan fingerprint density at radius 3 is 2.75 bits per heavy atom. The maximum Gasteiger partial charge on any atom is 0.278 e. The van der Waals surface area contributed by atoms with Gasteiger partial charge in [-0.1, -0.05) is 0 Å². The van der Waals surface area contributed by atoms with Crippen LogP contribution >= 0.6 is 0 Å². The Morgan fingerprint density at radius 1 is 1.25 bits per heavy atom. The summed E-state index contributed by atoms with van der Waals surface area (Å²) in [6.45, 7) is 3.44. The van der Waals surface area contributed by atoms with Crippen molar-refractivity contribution in [1.82, 2.24) is 9.97 Å². The number of benzene rings is 1. The molecule has 2 N–H and O–H groups in total. The van der Waals surface area contributed by atoms with Crippen LogP contribution in [0.5, 0.6) is 5.88 Å². The summed E-state index contributed by atoms with van der Waals surface area (Å²) in [4.78, 5) is 22.6. The number of aromatic amines is 1. The lowest BCUT2D eigenvalue weighted by atomic mass is 10.0. The zero-order valence-electron chi connectivity index (χ0n) is 15.0. The summed E-state index contributed by atoms with van der Waals surface area (Å²) in [6.07, 6.45) is 2.65. The molecule has 0 saturated carbocycles. The maximum absolute atomic E-state index is 13.4. The highest BCUT2D eigenvalue weighted by atomic mass is 19.1. The second kappa shape index (κ2) is 6.26. The summed E-state index contributed by atoms with van der Waals surface area (Å²) >= 11 is 0. The summed E-state index contributed by atoms with van der Waals surface area (Å²) < 4.78 is 32.3. The summed E-state index contributed by atoms with van der Waals surface area (Å²) in [5.74, 6) is -1.62. The van der Waals surface area contributed by atoms with Crippen molar-refractivity contribution in [3.05, 3.63) is 65.5 Å². The third-order valence-corrected chi connectivity index (χ3v) is 4.43. The van der Waals surface area contributed by atoms with Crippen molar-refractivity contribution in [3.8, 4) is 5.88 Å². The fraction of sp³-hybridized carbons (Fsp3) is 0.150. The number of ether oxygens (including phenoxy) is 1. The van der Waals surface area contributed by atoms with Crippen LogP contribution in [0.3, 0.4) is 0 Å². The van der Waals surface area contributed by atoms with Crippen molar-refractivity contribution in [2.45, 2.75) is 19.4 Å². The lowest BCUT2D eigenvalue weighted by molar-refractivity contribution is 0.0996. The first-order chi connectivity index (χ1) is 13.2. The average molecular weight is 383 g/mol. The van der Waals surface area contributed by atoms with Gasteiger partial charge in [0.15, 0.2) is 0 Å². The SMILES string of the molecule is CC1(C)OC(c2c(O)[nH]c3cc(F)ccc23)=CC1=NC(=O)c1ccc(F)nc1. The molecule has 2 aromatic heterocycles. The number of rotatable bonds is 2. The lowest BCUT2D eigenvalue weighted by Gasteiger charge is -2.20. The number of nitrogens with one attached hydrogen (secondary N) is 1. The van der Waals surface area contributed by atoms with Crippen LogP contribution in [0.2, 0.25) is 0 Å². The molecule has 0 saturated heterocycles. The molecule has 3 aromatic rings. The van der Waals surface area contributed by atoms with E-state index in [1.54, 1.807) is 19.9 Å². The number of H-pyrrole nitrogens is 1. The minimum atomic E-state index is -0.950. The van der Waals surface area contributed by atoms with Gasteiger partial charge in [-0.25, -0.2) is 14.4 Å². The number of aromatic nitrogens is 2. The minimum Gasteiger partial charge on any atom is -0.494 e. The number of carbonyl (C=O) groups excluding carboxylic acids is 1. The second-order valence-corrected chi connectivity index (χ2v) is 6.83. The lowest BCUT2D eigenvalue weighted by Crippen LogP contribution is -2.29. The number of amides is 1. The minimum absolute atomic E-state index is 0.136. The molecule has 6 nitrogen and oxygen atoms in total. The summed E-state index contributed by atoms with van der Waals surface area (Å²) in [5.41, 5.74) is 0.275. The number of aromatic hydroxyl groups is 1. The summed E-state index contributed by atoms with van der Waals surface area (Å²) in [7, 11) is 0. The van der Waals surface area contributed by atoms with Crippen LogP contribution in [-0.4, -0.2) is 32.3 Å². The van der Waals surface area contributed by atoms with Gasteiger partial charge in [0, 0.05) is 17.7 Å². The highest BCUT2D eigenvalue weighted by Gasteiger charge is 2.36. The van der Waals surface area contributed by atoms with Crippen molar-refractivity contribution in [2.75, 3.05) is 0 Å². The molecular formula is C20H15F2N3O3. The highest BCUT2D eigenvalue weighted by molar-refractivity contribution is 6.16. The van der Waals surface area contributed by atoms with Crippen molar-refractivity contribution >= 4 is 28.3 Å². The van der Waals surface area contributed by atoms with Gasteiger partial charge in [0.05, 0.1) is 22.4 Å². The molecule has 28 heavy (non-hydrogen) atoms.